The van der Waals surface area contributed by atoms with Gasteiger partial charge in [0.25, 0.3) is 0 Å². The fourth-order valence-electron chi connectivity index (χ4n) is 2.19. The molecule has 7 heteroatoms. The number of anilines is 1. The van der Waals surface area contributed by atoms with Gasteiger partial charge < -0.3 is 14.8 Å². The fraction of sp³-hybridized carbons (Fsp3) is 0.125. The average Bonchev–Trinajstić information content (AvgIpc) is 2.57. The zero-order valence-corrected chi connectivity index (χ0v) is 12.4. The maximum atomic E-state index is 14.1. The monoisotopic (exact) mass is 317 g/mol. The van der Waals surface area contributed by atoms with Crippen molar-refractivity contribution in [2.45, 2.75) is 0 Å². The van der Waals surface area contributed by atoms with Crippen molar-refractivity contribution in [3.05, 3.63) is 48.3 Å². The van der Waals surface area contributed by atoms with Gasteiger partial charge in [0.1, 0.15) is 11.1 Å². The second-order valence-electron chi connectivity index (χ2n) is 4.64. The van der Waals surface area contributed by atoms with Crippen molar-refractivity contribution < 1.29 is 18.3 Å². The summed E-state index contributed by atoms with van der Waals surface area (Å²) in [5.74, 6) is -1.67. The lowest BCUT2D eigenvalue weighted by atomic mass is 10.2. The van der Waals surface area contributed by atoms with E-state index in [4.69, 9.17) is 9.47 Å². The molecular formula is C16H13F2N3O2. The van der Waals surface area contributed by atoms with E-state index < -0.39 is 17.4 Å². The van der Waals surface area contributed by atoms with E-state index in [0.29, 0.717) is 16.6 Å². The summed E-state index contributed by atoms with van der Waals surface area (Å²) in [5.41, 5.74) is 0.855. The standard InChI is InChI=1S/C16H13F2N3O2/c1-19-9-7-10(17)15(11(18)8-9)23-13-4-6-20-12-3-5-21-16(22-2)14(12)13/h3-8,19H,1-2H3. The van der Waals surface area contributed by atoms with Crippen LogP contribution in [0.4, 0.5) is 14.5 Å². The number of methoxy groups -OCH3 is 1. The Labute approximate surface area is 130 Å². The maximum absolute atomic E-state index is 14.1. The summed E-state index contributed by atoms with van der Waals surface area (Å²) >= 11 is 0. The lowest BCUT2D eigenvalue weighted by Gasteiger charge is -2.12. The topological polar surface area (TPSA) is 56.3 Å². The molecule has 0 bridgehead atoms. The van der Waals surface area contributed by atoms with Crippen molar-refractivity contribution >= 4 is 16.6 Å². The van der Waals surface area contributed by atoms with Gasteiger partial charge in [-0.2, -0.15) is 0 Å². The van der Waals surface area contributed by atoms with Crippen LogP contribution in [0.2, 0.25) is 0 Å². The van der Waals surface area contributed by atoms with Crippen molar-refractivity contribution in [2.75, 3.05) is 19.5 Å². The SMILES string of the molecule is CNc1cc(F)c(Oc2ccnc3ccnc(OC)c23)c(F)c1. The van der Waals surface area contributed by atoms with Crippen LogP contribution in [0.15, 0.2) is 36.7 Å². The number of fused-ring (bicyclic) bond motifs is 1. The first kappa shape index (κ1) is 15.0. The molecule has 2 aromatic heterocycles. The molecule has 1 N–H and O–H groups in total. The van der Waals surface area contributed by atoms with Crippen LogP contribution in [-0.4, -0.2) is 24.1 Å². The number of nitrogens with zero attached hydrogens (tertiary/aromatic N) is 2. The van der Waals surface area contributed by atoms with Crippen molar-refractivity contribution in [3.8, 4) is 17.4 Å². The molecule has 2 heterocycles. The summed E-state index contributed by atoms with van der Waals surface area (Å²) in [6.45, 7) is 0. The highest BCUT2D eigenvalue weighted by Crippen LogP contribution is 2.36. The Morgan fingerprint density at radius 3 is 2.39 bits per heavy atom. The predicted molar refractivity (Wildman–Crippen MR) is 82.1 cm³/mol. The molecule has 0 saturated heterocycles. The number of pyridine rings is 2. The van der Waals surface area contributed by atoms with E-state index in [9.17, 15) is 8.78 Å². The molecule has 3 aromatic rings. The van der Waals surface area contributed by atoms with Gasteiger partial charge in [-0.3, -0.25) is 4.98 Å². The molecule has 0 radical (unpaired) electrons. The summed E-state index contributed by atoms with van der Waals surface area (Å²) in [7, 11) is 3.02. The molecule has 0 saturated carbocycles. The molecule has 0 amide bonds. The third-order valence-corrected chi connectivity index (χ3v) is 3.27. The minimum atomic E-state index is -0.817. The number of hydrogen-bond donors (Lipinski definition) is 1. The van der Waals surface area contributed by atoms with Gasteiger partial charge in [-0.1, -0.05) is 0 Å². The Kier molecular flexibility index (Phi) is 3.92. The van der Waals surface area contributed by atoms with Gasteiger partial charge >= 0.3 is 0 Å². The van der Waals surface area contributed by atoms with E-state index in [2.05, 4.69) is 15.3 Å². The number of nitrogens with one attached hydrogen (secondary N) is 1. The van der Waals surface area contributed by atoms with Crippen molar-refractivity contribution in [2.24, 2.45) is 0 Å². The van der Waals surface area contributed by atoms with Crippen LogP contribution in [0.25, 0.3) is 10.9 Å². The van der Waals surface area contributed by atoms with Crippen LogP contribution in [-0.2, 0) is 0 Å². The first-order chi connectivity index (χ1) is 11.1. The normalized spacial score (nSPS) is 10.6. The lowest BCUT2D eigenvalue weighted by molar-refractivity contribution is 0.393. The highest BCUT2D eigenvalue weighted by Gasteiger charge is 2.17. The van der Waals surface area contributed by atoms with Gasteiger partial charge in [-0.15, -0.1) is 0 Å². The zero-order valence-electron chi connectivity index (χ0n) is 12.4. The second kappa shape index (κ2) is 6.04. The molecular weight excluding hydrogens is 304 g/mol. The van der Waals surface area contributed by atoms with Gasteiger partial charge in [0.05, 0.1) is 12.6 Å². The number of ether oxygens (including phenoxy) is 2. The van der Waals surface area contributed by atoms with Crippen molar-refractivity contribution in [1.29, 1.82) is 0 Å². The summed E-state index contributed by atoms with van der Waals surface area (Å²) in [6.07, 6.45) is 3.01. The van der Waals surface area contributed by atoms with Crippen molar-refractivity contribution in [1.82, 2.24) is 9.97 Å². The average molecular weight is 317 g/mol. The molecule has 1 aromatic carbocycles. The number of aromatic nitrogens is 2. The molecule has 3 rings (SSSR count). The van der Waals surface area contributed by atoms with Gasteiger partial charge in [-0.05, 0) is 12.1 Å². The Morgan fingerprint density at radius 1 is 1.04 bits per heavy atom. The highest BCUT2D eigenvalue weighted by molar-refractivity contribution is 5.89. The van der Waals surface area contributed by atoms with E-state index >= 15 is 0 Å². The summed E-state index contributed by atoms with van der Waals surface area (Å²) < 4.78 is 38.8. The van der Waals surface area contributed by atoms with Crippen LogP contribution >= 0.6 is 0 Å². The molecule has 0 unspecified atom stereocenters. The van der Waals surface area contributed by atoms with Crippen LogP contribution in [0, 0.1) is 11.6 Å². The molecule has 0 atom stereocenters. The number of halogens is 2. The molecule has 0 spiro atoms. The highest BCUT2D eigenvalue weighted by atomic mass is 19.1. The van der Waals surface area contributed by atoms with Crippen LogP contribution in [0.1, 0.15) is 0 Å². The second-order valence-corrected chi connectivity index (χ2v) is 4.64. The van der Waals surface area contributed by atoms with E-state index in [1.54, 1.807) is 13.1 Å². The number of benzene rings is 1. The smallest absolute Gasteiger partial charge is 0.226 e. The molecule has 0 aliphatic heterocycles. The predicted octanol–water partition coefficient (Wildman–Crippen LogP) is 3.75. The van der Waals surface area contributed by atoms with Gasteiger partial charge in [0.2, 0.25) is 5.88 Å². The summed E-state index contributed by atoms with van der Waals surface area (Å²) in [6, 6.07) is 5.45. The molecule has 0 aliphatic rings. The number of rotatable bonds is 4. The quantitative estimate of drug-likeness (QED) is 0.794. The minimum absolute atomic E-state index is 0.204. The summed E-state index contributed by atoms with van der Waals surface area (Å²) in [4.78, 5) is 8.23. The Bertz CT molecular complexity index is 843. The van der Waals surface area contributed by atoms with Gasteiger partial charge in [-0.25, -0.2) is 13.8 Å². The van der Waals surface area contributed by atoms with E-state index in [1.165, 1.54) is 25.6 Å². The minimum Gasteiger partial charge on any atom is -0.480 e. The lowest BCUT2D eigenvalue weighted by Crippen LogP contribution is -1.98. The Hall–Kier alpha value is -2.96. The van der Waals surface area contributed by atoms with Gasteiger partial charge in [0, 0.05) is 37.3 Å². The van der Waals surface area contributed by atoms with E-state index in [0.717, 1.165) is 12.1 Å². The van der Waals surface area contributed by atoms with Crippen LogP contribution in [0.5, 0.6) is 17.4 Å². The van der Waals surface area contributed by atoms with Crippen LogP contribution in [0.3, 0.4) is 0 Å². The third-order valence-electron chi connectivity index (χ3n) is 3.27. The van der Waals surface area contributed by atoms with E-state index in [1.807, 2.05) is 0 Å². The third kappa shape index (κ3) is 2.73. The Balaban J connectivity index is 2.13. The zero-order chi connectivity index (χ0) is 16.4. The fourth-order valence-corrected chi connectivity index (χ4v) is 2.19. The van der Waals surface area contributed by atoms with Crippen molar-refractivity contribution in [3.63, 3.8) is 0 Å². The number of hydrogen-bond acceptors (Lipinski definition) is 5. The molecule has 5 nitrogen and oxygen atoms in total. The first-order valence-corrected chi connectivity index (χ1v) is 6.76. The first-order valence-electron chi connectivity index (χ1n) is 6.76. The molecule has 0 aliphatic carbocycles. The van der Waals surface area contributed by atoms with Crippen LogP contribution < -0.4 is 14.8 Å². The molecule has 0 fully saturated rings. The van der Waals surface area contributed by atoms with Gasteiger partial charge in [0.15, 0.2) is 17.4 Å². The maximum Gasteiger partial charge on any atom is 0.226 e. The Morgan fingerprint density at radius 2 is 1.74 bits per heavy atom. The summed E-state index contributed by atoms with van der Waals surface area (Å²) in [5, 5.41) is 3.11. The largest absolute Gasteiger partial charge is 0.480 e. The molecule has 118 valence electrons. The van der Waals surface area contributed by atoms with E-state index in [-0.39, 0.29) is 11.6 Å². The molecule has 23 heavy (non-hydrogen) atoms.